The number of ether oxygens (including phenoxy) is 1. The lowest BCUT2D eigenvalue weighted by molar-refractivity contribution is -0.179. The molecule has 1 amide bonds. The van der Waals surface area contributed by atoms with Crippen LogP contribution in [0.15, 0.2) is 24.3 Å². The van der Waals surface area contributed by atoms with Gasteiger partial charge in [-0.3, -0.25) is 4.79 Å². The lowest BCUT2D eigenvalue weighted by Gasteiger charge is -2.45. The number of anilines is 1. The highest BCUT2D eigenvalue weighted by atomic mass is 16.5. The van der Waals surface area contributed by atoms with Gasteiger partial charge >= 0.3 is 5.97 Å². The Bertz CT molecular complexity index is 536. The summed E-state index contributed by atoms with van der Waals surface area (Å²) in [5, 5.41) is 9.10. The smallest absolute Gasteiger partial charge is 0.339 e. The van der Waals surface area contributed by atoms with Gasteiger partial charge in [0.25, 0.3) is 5.91 Å². The van der Waals surface area contributed by atoms with Crippen molar-refractivity contribution in [1.82, 2.24) is 4.90 Å². The minimum Gasteiger partial charge on any atom is -0.479 e. The van der Waals surface area contributed by atoms with Gasteiger partial charge in [0.1, 0.15) is 0 Å². The summed E-state index contributed by atoms with van der Waals surface area (Å²) >= 11 is 0. The van der Waals surface area contributed by atoms with Gasteiger partial charge in [-0.2, -0.15) is 0 Å². The van der Waals surface area contributed by atoms with Crippen LogP contribution in [0.4, 0.5) is 5.69 Å². The van der Waals surface area contributed by atoms with Gasteiger partial charge in [-0.15, -0.1) is 0 Å². The minimum atomic E-state index is -1.26. The van der Waals surface area contributed by atoms with Crippen LogP contribution < -0.4 is 4.90 Å². The maximum Gasteiger partial charge on any atom is 0.339 e. The minimum absolute atomic E-state index is 0.0733. The Morgan fingerprint density at radius 3 is 2.50 bits per heavy atom. The molecule has 1 aliphatic rings. The standard InChI is InChI=1S/C14H18N2O4/c1-15(2)11-6-4-5-10(7-11)12(17)16-8-14(9-16,20-3)13(18)19/h4-7H,8-9H2,1-3H3,(H,18,19). The monoisotopic (exact) mass is 278 g/mol. The zero-order valence-electron chi connectivity index (χ0n) is 11.8. The fourth-order valence-corrected chi connectivity index (χ4v) is 2.17. The summed E-state index contributed by atoms with van der Waals surface area (Å²) in [6.45, 7) is 0.147. The molecule has 1 aromatic carbocycles. The predicted octanol–water partition coefficient (Wildman–Crippen LogP) is 0.678. The van der Waals surface area contributed by atoms with E-state index in [2.05, 4.69) is 0 Å². The fraction of sp³-hybridized carbons (Fsp3) is 0.429. The number of benzene rings is 1. The number of hydrogen-bond acceptors (Lipinski definition) is 4. The van der Waals surface area contributed by atoms with Crippen molar-refractivity contribution in [3.05, 3.63) is 29.8 Å². The molecule has 0 radical (unpaired) electrons. The topological polar surface area (TPSA) is 70.1 Å². The van der Waals surface area contributed by atoms with Crippen LogP contribution in [0.5, 0.6) is 0 Å². The number of hydrogen-bond donors (Lipinski definition) is 1. The molecule has 108 valence electrons. The molecule has 1 heterocycles. The Balaban J connectivity index is 2.11. The number of methoxy groups -OCH3 is 1. The van der Waals surface area contributed by atoms with Gasteiger partial charge in [0.15, 0.2) is 5.60 Å². The molecular formula is C14H18N2O4. The molecule has 0 unspecified atom stereocenters. The van der Waals surface area contributed by atoms with Gasteiger partial charge in [0.05, 0.1) is 13.1 Å². The van der Waals surface area contributed by atoms with Crippen LogP contribution in [0.2, 0.25) is 0 Å². The number of rotatable bonds is 4. The lowest BCUT2D eigenvalue weighted by Crippen LogP contribution is -2.68. The number of carbonyl (C=O) groups is 2. The Kier molecular flexibility index (Phi) is 3.67. The van der Waals surface area contributed by atoms with Gasteiger partial charge < -0.3 is 19.6 Å². The Morgan fingerprint density at radius 1 is 1.35 bits per heavy atom. The molecule has 0 aromatic heterocycles. The van der Waals surface area contributed by atoms with Gasteiger partial charge in [-0.05, 0) is 18.2 Å². The molecule has 20 heavy (non-hydrogen) atoms. The van der Waals surface area contributed by atoms with Crippen molar-refractivity contribution >= 4 is 17.6 Å². The third-order valence-electron chi connectivity index (χ3n) is 3.57. The summed E-state index contributed by atoms with van der Waals surface area (Å²) in [6.07, 6.45) is 0. The normalized spacial score (nSPS) is 16.4. The number of carboxylic acid groups (broad SMARTS) is 1. The molecule has 1 aliphatic heterocycles. The zero-order valence-corrected chi connectivity index (χ0v) is 11.8. The highest BCUT2D eigenvalue weighted by Crippen LogP contribution is 2.27. The van der Waals surface area contributed by atoms with E-state index in [0.29, 0.717) is 5.56 Å². The molecule has 1 fully saturated rings. The second-order valence-corrected chi connectivity index (χ2v) is 5.11. The molecule has 6 heteroatoms. The summed E-state index contributed by atoms with van der Waals surface area (Å²) in [7, 11) is 5.14. The van der Waals surface area contributed by atoms with Crippen LogP contribution in [0.3, 0.4) is 0 Å². The summed E-state index contributed by atoms with van der Waals surface area (Å²) in [4.78, 5) is 26.8. The van der Waals surface area contributed by atoms with Crippen molar-refractivity contribution in [1.29, 1.82) is 0 Å². The summed E-state index contributed by atoms with van der Waals surface area (Å²) in [5.74, 6) is -1.21. The second kappa shape index (κ2) is 5.13. The van der Waals surface area contributed by atoms with Gasteiger partial charge in [0.2, 0.25) is 0 Å². The van der Waals surface area contributed by atoms with Crippen molar-refractivity contribution in [3.8, 4) is 0 Å². The SMILES string of the molecule is COC1(C(=O)O)CN(C(=O)c2cccc(N(C)C)c2)C1. The summed E-state index contributed by atoms with van der Waals surface area (Å²) < 4.78 is 5.01. The van der Waals surface area contributed by atoms with Crippen molar-refractivity contribution in [3.63, 3.8) is 0 Å². The van der Waals surface area contributed by atoms with E-state index in [9.17, 15) is 9.59 Å². The first-order valence-electron chi connectivity index (χ1n) is 6.25. The average Bonchev–Trinajstić information content (AvgIpc) is 2.37. The third-order valence-corrected chi connectivity index (χ3v) is 3.57. The fourth-order valence-electron chi connectivity index (χ4n) is 2.17. The Hall–Kier alpha value is -2.08. The summed E-state index contributed by atoms with van der Waals surface area (Å²) in [5.41, 5.74) is 0.216. The van der Waals surface area contributed by atoms with E-state index in [-0.39, 0.29) is 19.0 Å². The van der Waals surface area contributed by atoms with Crippen molar-refractivity contribution in [2.45, 2.75) is 5.60 Å². The van der Waals surface area contributed by atoms with Crippen LogP contribution in [-0.2, 0) is 9.53 Å². The molecule has 1 saturated heterocycles. The number of carbonyl (C=O) groups excluding carboxylic acids is 1. The largest absolute Gasteiger partial charge is 0.479 e. The molecule has 0 aliphatic carbocycles. The number of nitrogens with zero attached hydrogens (tertiary/aromatic N) is 2. The van der Waals surface area contributed by atoms with E-state index < -0.39 is 11.6 Å². The number of aliphatic carboxylic acids is 1. The number of carboxylic acids is 1. The predicted molar refractivity (Wildman–Crippen MR) is 74.0 cm³/mol. The van der Waals surface area contributed by atoms with Crippen molar-refractivity contribution < 1.29 is 19.4 Å². The molecule has 0 spiro atoms. The van der Waals surface area contributed by atoms with E-state index in [1.165, 1.54) is 12.0 Å². The Morgan fingerprint density at radius 2 is 2.00 bits per heavy atom. The highest BCUT2D eigenvalue weighted by molar-refractivity contribution is 5.97. The molecule has 1 N–H and O–H groups in total. The van der Waals surface area contributed by atoms with Crippen molar-refractivity contribution in [2.75, 3.05) is 39.2 Å². The molecule has 0 saturated carbocycles. The first-order valence-corrected chi connectivity index (χ1v) is 6.25. The second-order valence-electron chi connectivity index (χ2n) is 5.11. The summed E-state index contributed by atoms with van der Waals surface area (Å²) in [6, 6.07) is 7.23. The van der Waals surface area contributed by atoms with Crippen LogP contribution in [0.25, 0.3) is 0 Å². The Labute approximate surface area is 117 Å². The van der Waals surface area contributed by atoms with Crippen molar-refractivity contribution in [2.24, 2.45) is 0 Å². The van der Waals surface area contributed by atoms with Crippen LogP contribution in [0.1, 0.15) is 10.4 Å². The molecule has 6 nitrogen and oxygen atoms in total. The van der Waals surface area contributed by atoms with Crippen LogP contribution in [0, 0.1) is 0 Å². The van der Waals surface area contributed by atoms with Gasteiger partial charge in [0, 0.05) is 32.5 Å². The average molecular weight is 278 g/mol. The van der Waals surface area contributed by atoms with Gasteiger partial charge in [-0.1, -0.05) is 6.07 Å². The molecule has 1 aromatic rings. The molecule has 0 bridgehead atoms. The number of likely N-dealkylation sites (tertiary alicyclic amines) is 1. The van der Waals surface area contributed by atoms with E-state index in [4.69, 9.17) is 9.84 Å². The van der Waals surface area contributed by atoms with E-state index in [0.717, 1.165) is 5.69 Å². The van der Waals surface area contributed by atoms with E-state index >= 15 is 0 Å². The molecular weight excluding hydrogens is 260 g/mol. The van der Waals surface area contributed by atoms with E-state index in [1.54, 1.807) is 12.1 Å². The van der Waals surface area contributed by atoms with Gasteiger partial charge in [-0.25, -0.2) is 4.79 Å². The third kappa shape index (κ3) is 2.34. The quantitative estimate of drug-likeness (QED) is 0.877. The van der Waals surface area contributed by atoms with Crippen LogP contribution >= 0.6 is 0 Å². The molecule has 2 rings (SSSR count). The highest BCUT2D eigenvalue weighted by Gasteiger charge is 2.52. The molecule has 0 atom stereocenters. The maximum absolute atomic E-state index is 12.3. The van der Waals surface area contributed by atoms with Crippen LogP contribution in [-0.4, -0.2) is 61.8 Å². The maximum atomic E-state index is 12.3. The lowest BCUT2D eigenvalue weighted by atomic mass is 9.93. The first kappa shape index (κ1) is 14.3. The van der Waals surface area contributed by atoms with E-state index in [1.807, 2.05) is 31.1 Å². The zero-order chi connectivity index (χ0) is 14.9. The first-order chi connectivity index (χ1) is 9.39. The number of amides is 1.